The molecule has 1 aromatic rings. The lowest BCUT2D eigenvalue weighted by molar-refractivity contribution is -0.136. The van der Waals surface area contributed by atoms with Gasteiger partial charge in [0, 0.05) is 18.8 Å². The zero-order valence-electron chi connectivity index (χ0n) is 7.67. The SMILES string of the molecule is O=c1[nH]ccnc1OCCCC(F)(F)F. The molecule has 15 heavy (non-hydrogen) atoms. The molecule has 1 aromatic heterocycles. The number of nitrogens with zero attached hydrogens (tertiary/aromatic N) is 1. The molecule has 0 saturated heterocycles. The number of halogens is 3. The fraction of sp³-hybridized carbons (Fsp3) is 0.500. The molecule has 0 amide bonds. The third kappa shape index (κ3) is 4.48. The second-order valence-corrected chi connectivity index (χ2v) is 2.79. The molecule has 0 aromatic carbocycles. The Labute approximate surface area is 83.1 Å². The summed E-state index contributed by atoms with van der Waals surface area (Å²) in [6.45, 7) is -0.181. The second kappa shape index (κ2) is 4.81. The molecule has 0 aliphatic rings. The summed E-state index contributed by atoms with van der Waals surface area (Å²) in [5.41, 5.74) is -0.551. The maximum atomic E-state index is 11.7. The van der Waals surface area contributed by atoms with Crippen molar-refractivity contribution < 1.29 is 17.9 Å². The number of hydrogen-bond acceptors (Lipinski definition) is 3. The van der Waals surface area contributed by atoms with Crippen molar-refractivity contribution in [2.75, 3.05) is 6.61 Å². The van der Waals surface area contributed by atoms with Gasteiger partial charge in [-0.2, -0.15) is 13.2 Å². The maximum absolute atomic E-state index is 11.7. The van der Waals surface area contributed by atoms with Crippen molar-refractivity contribution in [1.82, 2.24) is 9.97 Å². The molecule has 0 spiro atoms. The van der Waals surface area contributed by atoms with Crippen LogP contribution in [0, 0.1) is 0 Å². The van der Waals surface area contributed by atoms with E-state index in [-0.39, 0.29) is 18.9 Å². The summed E-state index contributed by atoms with van der Waals surface area (Å²) in [6.07, 6.45) is -2.72. The smallest absolute Gasteiger partial charge is 0.389 e. The van der Waals surface area contributed by atoms with Crippen LogP contribution in [-0.2, 0) is 0 Å². The molecule has 1 heterocycles. The van der Waals surface area contributed by atoms with E-state index in [1.165, 1.54) is 12.4 Å². The summed E-state index contributed by atoms with van der Waals surface area (Å²) in [4.78, 5) is 16.8. The first-order chi connectivity index (χ1) is 6.99. The van der Waals surface area contributed by atoms with E-state index in [1.807, 2.05) is 0 Å². The summed E-state index contributed by atoms with van der Waals surface area (Å²) < 4.78 is 39.9. The highest BCUT2D eigenvalue weighted by Crippen LogP contribution is 2.20. The topological polar surface area (TPSA) is 55.0 Å². The molecule has 1 N–H and O–H groups in total. The van der Waals surface area contributed by atoms with E-state index < -0.39 is 18.2 Å². The van der Waals surface area contributed by atoms with Crippen LogP contribution in [0.1, 0.15) is 12.8 Å². The summed E-state index contributed by atoms with van der Waals surface area (Å²) in [5.74, 6) is -0.209. The number of aromatic nitrogens is 2. The third-order valence-electron chi connectivity index (χ3n) is 1.52. The number of nitrogens with one attached hydrogen (secondary N) is 1. The number of aromatic amines is 1. The minimum Gasteiger partial charge on any atom is -0.474 e. The van der Waals surface area contributed by atoms with Gasteiger partial charge in [-0.3, -0.25) is 4.79 Å². The zero-order chi connectivity index (χ0) is 11.3. The Morgan fingerprint density at radius 2 is 2.20 bits per heavy atom. The van der Waals surface area contributed by atoms with E-state index >= 15 is 0 Å². The van der Waals surface area contributed by atoms with E-state index in [0.717, 1.165) is 0 Å². The van der Waals surface area contributed by atoms with Crippen LogP contribution in [0.4, 0.5) is 13.2 Å². The van der Waals surface area contributed by atoms with Gasteiger partial charge in [0.15, 0.2) is 0 Å². The average Bonchev–Trinajstić information content (AvgIpc) is 2.13. The number of rotatable bonds is 4. The summed E-state index contributed by atoms with van der Waals surface area (Å²) in [7, 11) is 0. The average molecular weight is 222 g/mol. The Bertz CT molecular complexity index is 361. The van der Waals surface area contributed by atoms with Gasteiger partial charge in [-0.25, -0.2) is 4.98 Å². The highest BCUT2D eigenvalue weighted by molar-refractivity contribution is 5.01. The van der Waals surface area contributed by atoms with Crippen LogP contribution in [0.2, 0.25) is 0 Å². The van der Waals surface area contributed by atoms with Crippen molar-refractivity contribution in [3.63, 3.8) is 0 Å². The van der Waals surface area contributed by atoms with E-state index in [9.17, 15) is 18.0 Å². The first-order valence-electron chi connectivity index (χ1n) is 4.22. The zero-order valence-corrected chi connectivity index (χ0v) is 7.67. The van der Waals surface area contributed by atoms with Gasteiger partial charge >= 0.3 is 11.7 Å². The largest absolute Gasteiger partial charge is 0.474 e. The van der Waals surface area contributed by atoms with Crippen LogP contribution < -0.4 is 10.3 Å². The van der Waals surface area contributed by atoms with Gasteiger partial charge in [-0.15, -0.1) is 0 Å². The Morgan fingerprint density at radius 3 is 2.80 bits per heavy atom. The van der Waals surface area contributed by atoms with Gasteiger partial charge < -0.3 is 9.72 Å². The van der Waals surface area contributed by atoms with E-state index in [2.05, 4.69) is 9.97 Å². The standard InChI is InChI=1S/C8H9F3N2O2/c9-8(10,11)2-1-5-15-7-6(14)12-3-4-13-7/h3-4H,1-2,5H2,(H,12,14). The van der Waals surface area contributed by atoms with Gasteiger partial charge in [-0.1, -0.05) is 0 Å². The van der Waals surface area contributed by atoms with Gasteiger partial charge in [-0.05, 0) is 6.42 Å². The fourth-order valence-corrected chi connectivity index (χ4v) is 0.883. The molecular weight excluding hydrogens is 213 g/mol. The predicted octanol–water partition coefficient (Wildman–Crippen LogP) is 1.49. The molecule has 0 bridgehead atoms. The number of alkyl halides is 3. The minimum absolute atomic E-state index is 0.181. The van der Waals surface area contributed by atoms with Crippen LogP contribution in [0.25, 0.3) is 0 Å². The van der Waals surface area contributed by atoms with E-state index in [0.29, 0.717) is 0 Å². The number of H-pyrrole nitrogens is 1. The molecule has 0 radical (unpaired) electrons. The Balaban J connectivity index is 2.33. The van der Waals surface area contributed by atoms with Crippen LogP contribution in [-0.4, -0.2) is 22.8 Å². The lowest BCUT2D eigenvalue weighted by Crippen LogP contribution is -2.15. The normalized spacial score (nSPS) is 11.4. The first-order valence-corrected chi connectivity index (χ1v) is 4.22. The predicted molar refractivity (Wildman–Crippen MR) is 45.6 cm³/mol. The van der Waals surface area contributed by atoms with Gasteiger partial charge in [0.1, 0.15) is 0 Å². The highest BCUT2D eigenvalue weighted by Gasteiger charge is 2.26. The van der Waals surface area contributed by atoms with Gasteiger partial charge in [0.25, 0.3) is 5.88 Å². The summed E-state index contributed by atoms with van der Waals surface area (Å²) >= 11 is 0. The maximum Gasteiger partial charge on any atom is 0.389 e. The lowest BCUT2D eigenvalue weighted by atomic mass is 10.3. The van der Waals surface area contributed by atoms with E-state index in [4.69, 9.17) is 4.74 Å². The molecule has 4 nitrogen and oxygen atoms in total. The molecule has 0 atom stereocenters. The van der Waals surface area contributed by atoms with Crippen molar-refractivity contribution in [3.8, 4) is 5.88 Å². The lowest BCUT2D eigenvalue weighted by Gasteiger charge is -2.06. The van der Waals surface area contributed by atoms with Crippen molar-refractivity contribution >= 4 is 0 Å². The molecule has 0 unspecified atom stereocenters. The Morgan fingerprint density at radius 1 is 1.47 bits per heavy atom. The third-order valence-corrected chi connectivity index (χ3v) is 1.52. The summed E-state index contributed by atoms with van der Waals surface area (Å²) in [6, 6.07) is 0. The minimum atomic E-state index is -4.19. The molecule has 0 saturated carbocycles. The van der Waals surface area contributed by atoms with Crippen LogP contribution in [0.5, 0.6) is 5.88 Å². The summed E-state index contributed by atoms with van der Waals surface area (Å²) in [5, 5.41) is 0. The highest BCUT2D eigenvalue weighted by atomic mass is 19.4. The molecule has 0 aliphatic heterocycles. The molecule has 0 fully saturated rings. The van der Waals surface area contributed by atoms with Crippen LogP contribution >= 0.6 is 0 Å². The molecule has 1 rings (SSSR count). The molecule has 7 heteroatoms. The molecule has 0 aliphatic carbocycles. The van der Waals surface area contributed by atoms with Crippen molar-refractivity contribution in [2.24, 2.45) is 0 Å². The Hall–Kier alpha value is -1.53. The van der Waals surface area contributed by atoms with E-state index in [1.54, 1.807) is 0 Å². The van der Waals surface area contributed by atoms with Gasteiger partial charge in [0.05, 0.1) is 6.61 Å². The van der Waals surface area contributed by atoms with Crippen molar-refractivity contribution in [1.29, 1.82) is 0 Å². The monoisotopic (exact) mass is 222 g/mol. The van der Waals surface area contributed by atoms with Crippen LogP contribution in [0.15, 0.2) is 17.2 Å². The number of ether oxygens (including phenoxy) is 1. The van der Waals surface area contributed by atoms with Crippen molar-refractivity contribution in [3.05, 3.63) is 22.7 Å². The van der Waals surface area contributed by atoms with Gasteiger partial charge in [0.2, 0.25) is 0 Å². The first kappa shape index (κ1) is 11.5. The van der Waals surface area contributed by atoms with Crippen molar-refractivity contribution in [2.45, 2.75) is 19.0 Å². The quantitative estimate of drug-likeness (QED) is 0.785. The fourth-order valence-electron chi connectivity index (χ4n) is 0.883. The second-order valence-electron chi connectivity index (χ2n) is 2.79. The molecule has 84 valence electrons. The number of hydrogen-bond donors (Lipinski definition) is 1. The van der Waals surface area contributed by atoms with Crippen LogP contribution in [0.3, 0.4) is 0 Å². The Kier molecular flexibility index (Phi) is 3.70. The molecular formula is C8H9F3N2O2.